The summed E-state index contributed by atoms with van der Waals surface area (Å²) in [6.45, 7) is 5.52. The van der Waals surface area contributed by atoms with Gasteiger partial charge in [-0.2, -0.15) is 0 Å². The predicted molar refractivity (Wildman–Crippen MR) is 133 cm³/mol. The smallest absolute Gasteiger partial charge is 0.262 e. The lowest BCUT2D eigenvalue weighted by molar-refractivity contribution is 0.0940. The molecule has 3 aromatic carbocycles. The molecule has 0 aliphatic carbocycles. The predicted octanol–water partition coefficient (Wildman–Crippen LogP) is 4.78. The van der Waals surface area contributed by atoms with Gasteiger partial charge in [0.25, 0.3) is 15.9 Å². The second-order valence-corrected chi connectivity index (χ2v) is 9.86. The van der Waals surface area contributed by atoms with Crippen LogP contribution in [0.1, 0.15) is 40.0 Å². The third kappa shape index (κ3) is 5.18. The van der Waals surface area contributed by atoms with Crippen molar-refractivity contribution in [3.63, 3.8) is 0 Å². The monoisotopic (exact) mass is 474 g/mol. The van der Waals surface area contributed by atoms with E-state index in [2.05, 4.69) is 15.0 Å². The van der Waals surface area contributed by atoms with Gasteiger partial charge in [-0.3, -0.25) is 9.52 Å². The van der Waals surface area contributed by atoms with Crippen molar-refractivity contribution < 1.29 is 13.2 Å². The fourth-order valence-corrected chi connectivity index (χ4v) is 5.00. The molecule has 34 heavy (non-hydrogen) atoms. The first-order chi connectivity index (χ1) is 16.2. The van der Waals surface area contributed by atoms with Gasteiger partial charge in [-0.25, -0.2) is 13.4 Å². The van der Waals surface area contributed by atoms with Crippen LogP contribution in [0.4, 0.5) is 5.69 Å². The number of carbonyl (C=O) groups excluding carboxylic acids is 1. The minimum Gasteiger partial charge on any atom is -0.346 e. The Hall–Kier alpha value is -3.91. The highest BCUT2D eigenvalue weighted by molar-refractivity contribution is 7.92. The topological polar surface area (TPSA) is 93.1 Å². The molecule has 1 atom stereocenters. The highest BCUT2D eigenvalue weighted by atomic mass is 32.2. The summed E-state index contributed by atoms with van der Waals surface area (Å²) in [6, 6.07) is 19.3. The van der Waals surface area contributed by atoms with Gasteiger partial charge >= 0.3 is 0 Å². The van der Waals surface area contributed by atoms with E-state index in [9.17, 15) is 13.2 Å². The number of hydrogen-bond donors (Lipinski definition) is 2. The summed E-state index contributed by atoms with van der Waals surface area (Å²) in [5.41, 5.74) is 4.32. The molecule has 4 rings (SSSR count). The summed E-state index contributed by atoms with van der Waals surface area (Å²) in [4.78, 5) is 17.0. The third-order valence-electron chi connectivity index (χ3n) is 5.58. The van der Waals surface area contributed by atoms with Crippen molar-refractivity contribution in [1.29, 1.82) is 0 Å². The van der Waals surface area contributed by atoms with E-state index in [4.69, 9.17) is 0 Å². The summed E-state index contributed by atoms with van der Waals surface area (Å²) in [5, 5.41) is 2.98. The summed E-state index contributed by atoms with van der Waals surface area (Å²) in [6.07, 6.45) is 5.31. The van der Waals surface area contributed by atoms with E-state index < -0.39 is 10.0 Å². The Balaban J connectivity index is 1.41. The van der Waals surface area contributed by atoms with E-state index in [-0.39, 0.29) is 16.8 Å². The minimum absolute atomic E-state index is 0.202. The van der Waals surface area contributed by atoms with Crippen molar-refractivity contribution in [3.8, 4) is 5.69 Å². The molecule has 0 radical (unpaired) electrons. The Morgan fingerprint density at radius 1 is 0.971 bits per heavy atom. The van der Waals surface area contributed by atoms with E-state index in [1.807, 2.05) is 54.9 Å². The summed E-state index contributed by atoms with van der Waals surface area (Å²) in [7, 11) is -3.73. The average Bonchev–Trinajstić information content (AvgIpc) is 3.36. The number of hydrogen-bond acceptors (Lipinski definition) is 4. The van der Waals surface area contributed by atoms with Crippen molar-refractivity contribution in [2.45, 2.75) is 31.7 Å². The van der Waals surface area contributed by atoms with Gasteiger partial charge in [0, 0.05) is 29.3 Å². The third-order valence-corrected chi connectivity index (χ3v) is 7.10. The maximum Gasteiger partial charge on any atom is 0.262 e. The molecule has 0 spiro atoms. The summed E-state index contributed by atoms with van der Waals surface area (Å²) >= 11 is 0. The molecule has 2 N–H and O–H groups in total. The second kappa shape index (κ2) is 9.52. The van der Waals surface area contributed by atoms with Gasteiger partial charge in [0.05, 0.1) is 17.3 Å². The maximum absolute atomic E-state index is 12.8. The van der Waals surface area contributed by atoms with Crippen LogP contribution >= 0.6 is 0 Å². The molecule has 1 amide bonds. The zero-order valence-electron chi connectivity index (χ0n) is 19.2. The maximum atomic E-state index is 12.8. The van der Waals surface area contributed by atoms with Crippen LogP contribution in [0.15, 0.2) is 90.3 Å². The molecule has 0 saturated heterocycles. The van der Waals surface area contributed by atoms with Crippen LogP contribution in [0.5, 0.6) is 0 Å². The van der Waals surface area contributed by atoms with Crippen LogP contribution in [0.2, 0.25) is 0 Å². The Labute approximate surface area is 199 Å². The number of amides is 1. The van der Waals surface area contributed by atoms with Crippen LogP contribution in [0.25, 0.3) is 5.69 Å². The van der Waals surface area contributed by atoms with Gasteiger partial charge in [-0.05, 0) is 79.9 Å². The fraction of sp³-hybridized carbons (Fsp3) is 0.154. The fourth-order valence-electron chi connectivity index (χ4n) is 3.61. The standard InChI is InChI=1S/C26H26N4O3S/c1-18-4-5-19(2)25(16-18)34(32,33)29-23-10-6-22(7-11-23)26(31)28-20(3)21-8-12-24(13-9-21)30-15-14-27-17-30/h4-17,20,29H,1-3H3,(H,28,31). The molecule has 0 aliphatic heterocycles. The molecule has 0 fully saturated rings. The molecule has 7 nitrogen and oxygen atoms in total. The molecule has 8 heteroatoms. The minimum atomic E-state index is -3.73. The number of nitrogens with one attached hydrogen (secondary N) is 2. The highest BCUT2D eigenvalue weighted by Gasteiger charge is 2.18. The number of rotatable bonds is 7. The summed E-state index contributed by atoms with van der Waals surface area (Å²) < 4.78 is 30.1. The lowest BCUT2D eigenvalue weighted by Gasteiger charge is -2.15. The first-order valence-electron chi connectivity index (χ1n) is 10.8. The number of benzene rings is 3. The highest BCUT2D eigenvalue weighted by Crippen LogP contribution is 2.21. The first-order valence-corrected chi connectivity index (χ1v) is 12.3. The number of nitrogens with zero attached hydrogens (tertiary/aromatic N) is 2. The molecule has 1 aromatic heterocycles. The normalized spacial score (nSPS) is 12.2. The summed E-state index contributed by atoms with van der Waals surface area (Å²) in [5.74, 6) is -0.241. The lowest BCUT2D eigenvalue weighted by atomic mass is 10.1. The van der Waals surface area contributed by atoms with Crippen molar-refractivity contribution >= 4 is 21.6 Å². The van der Waals surface area contributed by atoms with Gasteiger partial charge in [0.2, 0.25) is 0 Å². The first kappa shape index (κ1) is 23.3. The number of anilines is 1. The number of aryl methyl sites for hydroxylation is 2. The van der Waals surface area contributed by atoms with E-state index in [1.165, 1.54) is 0 Å². The van der Waals surface area contributed by atoms with E-state index in [0.717, 1.165) is 16.8 Å². The number of imidazole rings is 1. The molecule has 174 valence electrons. The van der Waals surface area contributed by atoms with Crippen molar-refractivity contribution in [1.82, 2.24) is 14.9 Å². The molecule has 0 aliphatic rings. The molecule has 0 bridgehead atoms. The molecule has 1 heterocycles. The quantitative estimate of drug-likeness (QED) is 0.403. The SMILES string of the molecule is Cc1ccc(C)c(S(=O)(=O)Nc2ccc(C(=O)NC(C)c3ccc(-n4ccnc4)cc3)cc2)c1. The van der Waals surface area contributed by atoms with Crippen molar-refractivity contribution in [2.24, 2.45) is 0 Å². The molecular weight excluding hydrogens is 448 g/mol. The van der Waals surface area contributed by atoms with E-state index in [0.29, 0.717) is 16.8 Å². The average molecular weight is 475 g/mol. The zero-order valence-corrected chi connectivity index (χ0v) is 20.0. The van der Waals surface area contributed by atoms with Crippen LogP contribution in [0, 0.1) is 13.8 Å². The van der Waals surface area contributed by atoms with Gasteiger partial charge in [0.15, 0.2) is 0 Å². The number of sulfonamides is 1. The van der Waals surface area contributed by atoms with Crippen LogP contribution in [-0.2, 0) is 10.0 Å². The molecule has 4 aromatic rings. The Morgan fingerprint density at radius 3 is 2.32 bits per heavy atom. The lowest BCUT2D eigenvalue weighted by Crippen LogP contribution is -2.26. The number of carbonyl (C=O) groups is 1. The number of aromatic nitrogens is 2. The van der Waals surface area contributed by atoms with E-state index >= 15 is 0 Å². The van der Waals surface area contributed by atoms with Gasteiger partial charge in [0.1, 0.15) is 0 Å². The molecular formula is C26H26N4O3S. The van der Waals surface area contributed by atoms with Crippen molar-refractivity contribution in [2.75, 3.05) is 4.72 Å². The van der Waals surface area contributed by atoms with Crippen LogP contribution in [-0.4, -0.2) is 23.9 Å². The van der Waals surface area contributed by atoms with Crippen LogP contribution < -0.4 is 10.0 Å². The second-order valence-electron chi connectivity index (χ2n) is 8.21. The molecule has 0 saturated carbocycles. The van der Waals surface area contributed by atoms with Gasteiger partial charge < -0.3 is 9.88 Å². The Morgan fingerprint density at radius 2 is 1.68 bits per heavy atom. The largest absolute Gasteiger partial charge is 0.346 e. The zero-order chi connectivity index (χ0) is 24.3. The molecule has 1 unspecified atom stereocenters. The Kier molecular flexibility index (Phi) is 6.51. The Bertz CT molecular complexity index is 1400. The van der Waals surface area contributed by atoms with Crippen LogP contribution in [0.3, 0.4) is 0 Å². The van der Waals surface area contributed by atoms with Gasteiger partial charge in [-0.1, -0.05) is 24.3 Å². The van der Waals surface area contributed by atoms with Crippen molar-refractivity contribution in [3.05, 3.63) is 108 Å². The van der Waals surface area contributed by atoms with E-state index in [1.54, 1.807) is 55.8 Å². The van der Waals surface area contributed by atoms with Gasteiger partial charge in [-0.15, -0.1) is 0 Å².